The van der Waals surface area contributed by atoms with Crippen molar-refractivity contribution < 1.29 is 14.6 Å². The molecule has 72 valence electrons. The molecule has 13 heavy (non-hydrogen) atoms. The maximum absolute atomic E-state index is 10.7. The fraction of sp³-hybridized carbons (Fsp3) is 0.500. The Balaban J connectivity index is 2.42. The smallest absolute Gasteiger partial charge is 0.186 e. The molecule has 1 aliphatic rings. The standard InChI is InChI=1S/C10H14O3/c1-2-3-4-6-10(12)7-5-9(11)8-13-10/h2,5,7,12H,1,3-4,6,8H2. The maximum atomic E-state index is 10.7. The van der Waals surface area contributed by atoms with Crippen LogP contribution >= 0.6 is 0 Å². The zero-order valence-electron chi connectivity index (χ0n) is 7.53. The van der Waals surface area contributed by atoms with Crippen LogP contribution in [0.15, 0.2) is 24.8 Å². The van der Waals surface area contributed by atoms with E-state index in [1.54, 1.807) is 6.08 Å². The first kappa shape index (κ1) is 10.2. The maximum Gasteiger partial charge on any atom is 0.186 e. The van der Waals surface area contributed by atoms with Gasteiger partial charge in [0.1, 0.15) is 6.61 Å². The van der Waals surface area contributed by atoms with Crippen LogP contribution in [0.5, 0.6) is 0 Å². The molecule has 0 bridgehead atoms. The molecule has 0 aromatic rings. The number of aliphatic hydroxyl groups is 1. The van der Waals surface area contributed by atoms with E-state index >= 15 is 0 Å². The van der Waals surface area contributed by atoms with E-state index in [2.05, 4.69) is 6.58 Å². The predicted octanol–water partition coefficient (Wildman–Crippen LogP) is 1.19. The summed E-state index contributed by atoms with van der Waals surface area (Å²) in [5.41, 5.74) is 0. The summed E-state index contributed by atoms with van der Waals surface area (Å²) in [7, 11) is 0. The lowest BCUT2D eigenvalue weighted by Gasteiger charge is -2.26. The summed E-state index contributed by atoms with van der Waals surface area (Å²) in [6.07, 6.45) is 6.73. The summed E-state index contributed by atoms with van der Waals surface area (Å²) in [5.74, 6) is -1.34. The Morgan fingerprint density at radius 2 is 2.54 bits per heavy atom. The fourth-order valence-electron chi connectivity index (χ4n) is 1.17. The summed E-state index contributed by atoms with van der Waals surface area (Å²) in [6.45, 7) is 3.56. The number of ether oxygens (including phenoxy) is 1. The first-order chi connectivity index (χ1) is 6.16. The van der Waals surface area contributed by atoms with Crippen LogP contribution < -0.4 is 0 Å². The average Bonchev–Trinajstić information content (AvgIpc) is 2.12. The van der Waals surface area contributed by atoms with E-state index in [9.17, 15) is 9.90 Å². The van der Waals surface area contributed by atoms with Crippen molar-refractivity contribution in [3.8, 4) is 0 Å². The third kappa shape index (κ3) is 3.13. The van der Waals surface area contributed by atoms with Crippen LogP contribution in [0.4, 0.5) is 0 Å². The van der Waals surface area contributed by atoms with Crippen molar-refractivity contribution in [2.45, 2.75) is 25.0 Å². The van der Waals surface area contributed by atoms with Gasteiger partial charge in [-0.2, -0.15) is 0 Å². The lowest BCUT2D eigenvalue weighted by molar-refractivity contribution is -0.180. The van der Waals surface area contributed by atoms with E-state index in [1.165, 1.54) is 12.2 Å². The number of unbranched alkanes of at least 4 members (excludes halogenated alkanes) is 1. The molecular weight excluding hydrogens is 168 g/mol. The highest BCUT2D eigenvalue weighted by molar-refractivity contribution is 5.91. The Kier molecular flexibility index (Phi) is 3.39. The normalized spacial score (nSPS) is 27.6. The topological polar surface area (TPSA) is 46.5 Å². The minimum Gasteiger partial charge on any atom is -0.362 e. The van der Waals surface area contributed by atoms with E-state index in [0.29, 0.717) is 6.42 Å². The van der Waals surface area contributed by atoms with Gasteiger partial charge in [-0.05, 0) is 25.0 Å². The van der Waals surface area contributed by atoms with Gasteiger partial charge in [0, 0.05) is 6.42 Å². The molecule has 0 fully saturated rings. The molecule has 0 aromatic carbocycles. The third-order valence-electron chi connectivity index (χ3n) is 1.94. The highest BCUT2D eigenvalue weighted by Crippen LogP contribution is 2.20. The van der Waals surface area contributed by atoms with E-state index in [4.69, 9.17) is 4.74 Å². The number of carbonyl (C=O) groups is 1. The fourth-order valence-corrected chi connectivity index (χ4v) is 1.17. The molecule has 1 rings (SSSR count). The molecule has 0 aliphatic carbocycles. The molecule has 1 atom stereocenters. The van der Waals surface area contributed by atoms with Crippen molar-refractivity contribution in [1.82, 2.24) is 0 Å². The second-order valence-electron chi connectivity index (χ2n) is 3.11. The quantitative estimate of drug-likeness (QED) is 0.524. The van der Waals surface area contributed by atoms with Crippen LogP contribution in [0.3, 0.4) is 0 Å². The predicted molar refractivity (Wildman–Crippen MR) is 49.1 cm³/mol. The lowest BCUT2D eigenvalue weighted by Crippen LogP contribution is -2.35. The molecule has 0 saturated carbocycles. The average molecular weight is 182 g/mol. The molecule has 0 amide bonds. The van der Waals surface area contributed by atoms with E-state index < -0.39 is 5.79 Å². The van der Waals surface area contributed by atoms with Crippen molar-refractivity contribution in [2.24, 2.45) is 0 Å². The number of ketones is 1. The molecule has 0 radical (unpaired) electrons. The van der Waals surface area contributed by atoms with Crippen LogP contribution in [0.1, 0.15) is 19.3 Å². The molecule has 1 aliphatic heterocycles. The van der Waals surface area contributed by atoms with Crippen molar-refractivity contribution in [3.63, 3.8) is 0 Å². The summed E-state index contributed by atoms with van der Waals surface area (Å²) in [4.78, 5) is 10.7. The van der Waals surface area contributed by atoms with E-state index in [1.807, 2.05) is 0 Å². The Morgan fingerprint density at radius 3 is 3.08 bits per heavy atom. The molecule has 1 unspecified atom stereocenters. The van der Waals surface area contributed by atoms with Crippen molar-refractivity contribution in [1.29, 1.82) is 0 Å². The van der Waals surface area contributed by atoms with Crippen LogP contribution in [0.25, 0.3) is 0 Å². The zero-order chi connectivity index (χ0) is 9.73. The molecule has 3 heteroatoms. The summed E-state index contributed by atoms with van der Waals surface area (Å²) >= 11 is 0. The number of hydrogen-bond acceptors (Lipinski definition) is 3. The third-order valence-corrected chi connectivity index (χ3v) is 1.94. The van der Waals surface area contributed by atoms with Gasteiger partial charge >= 0.3 is 0 Å². The lowest BCUT2D eigenvalue weighted by atomic mass is 10.1. The molecular formula is C10H14O3. The van der Waals surface area contributed by atoms with Gasteiger partial charge in [0.05, 0.1) is 0 Å². The summed E-state index contributed by atoms with van der Waals surface area (Å²) in [5, 5.41) is 9.72. The second kappa shape index (κ2) is 4.35. The van der Waals surface area contributed by atoms with Crippen molar-refractivity contribution >= 4 is 5.78 Å². The Morgan fingerprint density at radius 1 is 1.77 bits per heavy atom. The minimum absolute atomic E-state index is 0.0267. The van der Waals surface area contributed by atoms with E-state index in [0.717, 1.165) is 12.8 Å². The van der Waals surface area contributed by atoms with Crippen LogP contribution in [0, 0.1) is 0 Å². The first-order valence-corrected chi connectivity index (χ1v) is 4.35. The largest absolute Gasteiger partial charge is 0.362 e. The Labute approximate surface area is 77.7 Å². The van der Waals surface area contributed by atoms with E-state index in [-0.39, 0.29) is 12.4 Å². The van der Waals surface area contributed by atoms with Crippen LogP contribution in [-0.4, -0.2) is 23.3 Å². The molecule has 1 N–H and O–H groups in total. The number of hydrogen-bond donors (Lipinski definition) is 1. The van der Waals surface area contributed by atoms with Crippen LogP contribution in [-0.2, 0) is 9.53 Å². The minimum atomic E-state index is -1.24. The van der Waals surface area contributed by atoms with Gasteiger partial charge in [-0.25, -0.2) is 0 Å². The summed E-state index contributed by atoms with van der Waals surface area (Å²) < 4.78 is 5.01. The molecule has 3 nitrogen and oxygen atoms in total. The molecule has 0 saturated heterocycles. The van der Waals surface area contributed by atoms with Gasteiger partial charge in [0.2, 0.25) is 0 Å². The molecule has 0 aromatic heterocycles. The van der Waals surface area contributed by atoms with Gasteiger partial charge < -0.3 is 9.84 Å². The molecule has 0 spiro atoms. The second-order valence-corrected chi connectivity index (χ2v) is 3.11. The number of allylic oxidation sites excluding steroid dienone is 1. The Bertz CT molecular complexity index is 232. The molecule has 1 heterocycles. The number of carbonyl (C=O) groups excluding carboxylic acids is 1. The monoisotopic (exact) mass is 182 g/mol. The van der Waals surface area contributed by atoms with Crippen molar-refractivity contribution in [3.05, 3.63) is 24.8 Å². The highest BCUT2D eigenvalue weighted by atomic mass is 16.6. The van der Waals surface area contributed by atoms with Gasteiger partial charge in [-0.1, -0.05) is 6.08 Å². The van der Waals surface area contributed by atoms with Gasteiger partial charge in [-0.15, -0.1) is 6.58 Å². The van der Waals surface area contributed by atoms with Gasteiger partial charge in [0.25, 0.3) is 0 Å². The number of rotatable bonds is 4. The zero-order valence-corrected chi connectivity index (χ0v) is 7.53. The summed E-state index contributed by atoms with van der Waals surface area (Å²) in [6, 6.07) is 0. The van der Waals surface area contributed by atoms with Gasteiger partial charge in [-0.3, -0.25) is 4.79 Å². The first-order valence-electron chi connectivity index (χ1n) is 4.35. The SMILES string of the molecule is C=CCCCC1(O)C=CC(=O)CO1. The highest BCUT2D eigenvalue weighted by Gasteiger charge is 2.27. The van der Waals surface area contributed by atoms with Crippen LogP contribution in [0.2, 0.25) is 0 Å². The van der Waals surface area contributed by atoms with Crippen molar-refractivity contribution in [2.75, 3.05) is 6.61 Å². The Hall–Kier alpha value is -0.930. The van der Waals surface area contributed by atoms with Gasteiger partial charge in [0.15, 0.2) is 11.6 Å².